The Morgan fingerprint density at radius 1 is 1.14 bits per heavy atom. The number of Topliss-reactive ketones (excluding diaryl/α,β-unsaturated/α-hetero) is 1. The van der Waals surface area contributed by atoms with Crippen molar-refractivity contribution >= 4 is 38.9 Å². The molecule has 0 radical (unpaired) electrons. The molecule has 1 aliphatic carbocycles. The van der Waals surface area contributed by atoms with Crippen LogP contribution in [0.1, 0.15) is 40.1 Å². The van der Waals surface area contributed by atoms with E-state index in [0.29, 0.717) is 23.9 Å². The molecule has 3 heterocycles. The summed E-state index contributed by atoms with van der Waals surface area (Å²) in [6, 6.07) is 7.09. The van der Waals surface area contributed by atoms with Gasteiger partial charge in [-0.05, 0) is 43.4 Å². The minimum atomic E-state index is -0.163. The van der Waals surface area contributed by atoms with E-state index in [4.69, 9.17) is 0 Å². The zero-order valence-corrected chi connectivity index (χ0v) is 16.1. The topological polar surface area (TPSA) is 72.3 Å². The van der Waals surface area contributed by atoms with Crippen molar-refractivity contribution in [2.75, 3.05) is 11.4 Å². The number of carbonyl (C=O) groups excluding carboxylic acids is 2. The largest absolute Gasteiger partial charge is 0.312 e. The van der Waals surface area contributed by atoms with Crippen LogP contribution >= 0.6 is 11.3 Å². The van der Waals surface area contributed by atoms with Gasteiger partial charge >= 0.3 is 0 Å². The number of thiophene rings is 1. The standard InChI is InChI=1S/C21H19N3O3S/c25-16(13-4-1-5-14(10-13)24-9-3-8-18(24)26)11-23-12-22-20-19(21(23)27)15-6-2-7-17(15)28-20/h1,4-5,10,12H,2-3,6-9,11H2. The first-order valence-electron chi connectivity index (χ1n) is 9.55. The first-order valence-corrected chi connectivity index (χ1v) is 10.4. The number of hydrogen-bond acceptors (Lipinski definition) is 5. The second-order valence-electron chi connectivity index (χ2n) is 7.34. The number of amides is 1. The van der Waals surface area contributed by atoms with Crippen molar-refractivity contribution in [2.45, 2.75) is 38.6 Å². The number of aryl methyl sites for hydroxylation is 2. The van der Waals surface area contributed by atoms with Gasteiger partial charge in [0, 0.05) is 29.1 Å². The van der Waals surface area contributed by atoms with Gasteiger partial charge in [-0.3, -0.25) is 19.0 Å². The van der Waals surface area contributed by atoms with Crippen LogP contribution in [0.3, 0.4) is 0 Å². The van der Waals surface area contributed by atoms with Gasteiger partial charge in [0.25, 0.3) is 5.56 Å². The summed E-state index contributed by atoms with van der Waals surface area (Å²) in [6.45, 7) is 0.629. The van der Waals surface area contributed by atoms with Crippen LogP contribution in [0.15, 0.2) is 35.4 Å². The van der Waals surface area contributed by atoms with Crippen molar-refractivity contribution in [1.29, 1.82) is 0 Å². The third-order valence-electron chi connectivity index (χ3n) is 5.56. The zero-order chi connectivity index (χ0) is 19.3. The molecule has 6 nitrogen and oxygen atoms in total. The average Bonchev–Trinajstić information content (AvgIpc) is 3.39. The molecule has 5 rings (SSSR count). The summed E-state index contributed by atoms with van der Waals surface area (Å²) < 4.78 is 1.41. The highest BCUT2D eigenvalue weighted by atomic mass is 32.1. The van der Waals surface area contributed by atoms with E-state index in [1.807, 2.05) is 6.07 Å². The third kappa shape index (κ3) is 2.77. The minimum absolute atomic E-state index is 0.0518. The van der Waals surface area contributed by atoms with E-state index < -0.39 is 0 Å². The maximum atomic E-state index is 13.0. The van der Waals surface area contributed by atoms with Gasteiger partial charge in [0.2, 0.25) is 5.91 Å². The Hall–Kier alpha value is -2.80. The number of benzene rings is 1. The Bertz CT molecular complexity index is 1180. The predicted octanol–water partition coefficient (Wildman–Crippen LogP) is 2.96. The van der Waals surface area contributed by atoms with Crippen LogP contribution in [0.4, 0.5) is 5.69 Å². The number of rotatable bonds is 4. The van der Waals surface area contributed by atoms with E-state index in [0.717, 1.165) is 41.8 Å². The molecule has 142 valence electrons. The molecule has 28 heavy (non-hydrogen) atoms. The number of anilines is 1. The molecule has 0 spiro atoms. The number of carbonyl (C=O) groups is 2. The Balaban J connectivity index is 1.45. The monoisotopic (exact) mass is 393 g/mol. The minimum Gasteiger partial charge on any atom is -0.312 e. The molecular formula is C21H19N3O3S. The fourth-order valence-electron chi connectivity index (χ4n) is 4.15. The molecule has 0 saturated carbocycles. The van der Waals surface area contributed by atoms with Crippen molar-refractivity contribution in [3.8, 4) is 0 Å². The van der Waals surface area contributed by atoms with Gasteiger partial charge in [-0.15, -0.1) is 11.3 Å². The number of hydrogen-bond donors (Lipinski definition) is 0. The van der Waals surface area contributed by atoms with Crippen molar-refractivity contribution in [1.82, 2.24) is 9.55 Å². The second-order valence-corrected chi connectivity index (χ2v) is 8.42. The molecule has 2 aromatic heterocycles. The lowest BCUT2D eigenvalue weighted by molar-refractivity contribution is -0.117. The summed E-state index contributed by atoms with van der Waals surface area (Å²) in [5, 5.41) is 0.684. The summed E-state index contributed by atoms with van der Waals surface area (Å²) in [7, 11) is 0. The van der Waals surface area contributed by atoms with Crippen LogP contribution in [0.2, 0.25) is 0 Å². The molecule has 0 N–H and O–H groups in total. The maximum absolute atomic E-state index is 13.0. The third-order valence-corrected chi connectivity index (χ3v) is 6.76. The highest BCUT2D eigenvalue weighted by molar-refractivity contribution is 7.18. The first-order chi connectivity index (χ1) is 13.6. The van der Waals surface area contributed by atoms with E-state index >= 15 is 0 Å². The van der Waals surface area contributed by atoms with Crippen LogP contribution in [0.5, 0.6) is 0 Å². The van der Waals surface area contributed by atoms with Gasteiger partial charge in [0.1, 0.15) is 4.83 Å². The SMILES string of the molecule is O=C(Cn1cnc2sc3c(c2c1=O)CCC3)c1cccc(N2CCCC2=O)c1. The number of aromatic nitrogens is 2. The normalized spacial score (nSPS) is 16.1. The maximum Gasteiger partial charge on any atom is 0.262 e. The Morgan fingerprint density at radius 3 is 2.86 bits per heavy atom. The van der Waals surface area contributed by atoms with Crippen molar-refractivity contribution in [3.05, 3.63) is 57.0 Å². The van der Waals surface area contributed by atoms with Crippen LogP contribution < -0.4 is 10.5 Å². The molecular weight excluding hydrogens is 374 g/mol. The molecule has 0 unspecified atom stereocenters. The molecule has 2 aliphatic rings. The smallest absolute Gasteiger partial charge is 0.262 e. The summed E-state index contributed by atoms with van der Waals surface area (Å²) in [5.41, 5.74) is 2.22. The van der Waals surface area contributed by atoms with E-state index in [9.17, 15) is 14.4 Å². The molecule has 7 heteroatoms. The molecule has 1 fully saturated rings. The summed E-state index contributed by atoms with van der Waals surface area (Å²) in [4.78, 5) is 45.9. The number of fused-ring (bicyclic) bond motifs is 3. The summed E-state index contributed by atoms with van der Waals surface area (Å²) in [5.74, 6) is -0.0783. The summed E-state index contributed by atoms with van der Waals surface area (Å²) >= 11 is 1.59. The molecule has 1 amide bonds. The van der Waals surface area contributed by atoms with Gasteiger partial charge < -0.3 is 4.90 Å². The van der Waals surface area contributed by atoms with E-state index in [1.54, 1.807) is 34.4 Å². The Labute approximate surface area is 165 Å². The van der Waals surface area contributed by atoms with E-state index in [1.165, 1.54) is 15.8 Å². The Morgan fingerprint density at radius 2 is 2.04 bits per heavy atom. The number of ketones is 1. The lowest BCUT2D eigenvalue weighted by Crippen LogP contribution is -2.26. The lowest BCUT2D eigenvalue weighted by Gasteiger charge is -2.16. The van der Waals surface area contributed by atoms with E-state index in [2.05, 4.69) is 4.98 Å². The van der Waals surface area contributed by atoms with Gasteiger partial charge in [-0.1, -0.05) is 12.1 Å². The van der Waals surface area contributed by atoms with Crippen molar-refractivity contribution < 1.29 is 9.59 Å². The molecule has 1 saturated heterocycles. The highest BCUT2D eigenvalue weighted by Crippen LogP contribution is 2.34. The molecule has 3 aromatic rings. The van der Waals surface area contributed by atoms with Gasteiger partial charge in [-0.25, -0.2) is 4.98 Å². The van der Waals surface area contributed by atoms with Crippen LogP contribution in [-0.4, -0.2) is 27.8 Å². The van der Waals surface area contributed by atoms with Gasteiger partial charge in [0.05, 0.1) is 18.3 Å². The van der Waals surface area contributed by atoms with Gasteiger partial charge in [0.15, 0.2) is 5.78 Å². The molecule has 1 aliphatic heterocycles. The quantitative estimate of drug-likeness (QED) is 0.639. The van der Waals surface area contributed by atoms with E-state index in [-0.39, 0.29) is 23.8 Å². The first kappa shape index (κ1) is 17.3. The fourth-order valence-corrected chi connectivity index (χ4v) is 5.37. The zero-order valence-electron chi connectivity index (χ0n) is 15.3. The molecule has 0 atom stereocenters. The van der Waals surface area contributed by atoms with Gasteiger partial charge in [-0.2, -0.15) is 0 Å². The van der Waals surface area contributed by atoms with Crippen LogP contribution in [-0.2, 0) is 24.2 Å². The molecule has 0 bridgehead atoms. The predicted molar refractivity (Wildman–Crippen MR) is 108 cm³/mol. The highest BCUT2D eigenvalue weighted by Gasteiger charge is 2.23. The Kier molecular flexibility index (Phi) is 4.12. The molecule has 1 aromatic carbocycles. The van der Waals surface area contributed by atoms with Crippen molar-refractivity contribution in [2.24, 2.45) is 0 Å². The fraction of sp³-hybridized carbons (Fsp3) is 0.333. The van der Waals surface area contributed by atoms with Crippen molar-refractivity contribution in [3.63, 3.8) is 0 Å². The lowest BCUT2D eigenvalue weighted by atomic mass is 10.1. The van der Waals surface area contributed by atoms with Crippen LogP contribution in [0.25, 0.3) is 10.2 Å². The second kappa shape index (κ2) is 6.67. The van der Waals surface area contributed by atoms with Crippen LogP contribution in [0, 0.1) is 0 Å². The summed E-state index contributed by atoms with van der Waals surface area (Å²) in [6.07, 6.45) is 5.86. The average molecular weight is 393 g/mol. The number of nitrogens with zero attached hydrogens (tertiary/aromatic N) is 3.